The molecule has 0 amide bonds. The van der Waals surface area contributed by atoms with Crippen LogP contribution in [0.1, 0.15) is 35.6 Å². The third kappa shape index (κ3) is 1.86. The highest BCUT2D eigenvalue weighted by molar-refractivity contribution is 7.09. The molecule has 1 aromatic rings. The lowest BCUT2D eigenvalue weighted by Crippen LogP contribution is -2.08. The second-order valence-corrected chi connectivity index (χ2v) is 4.05. The number of aliphatic hydroxyl groups is 1. The summed E-state index contributed by atoms with van der Waals surface area (Å²) in [5.74, 6) is 0.462. The van der Waals surface area contributed by atoms with E-state index in [9.17, 15) is 8.78 Å². The molecule has 1 unspecified atom stereocenters. The smallest absolute Gasteiger partial charge is 0.269 e. The average molecular weight is 205 g/mol. The summed E-state index contributed by atoms with van der Waals surface area (Å²) in [6.45, 7) is 0. The molecular weight excluding hydrogens is 196 g/mol. The van der Waals surface area contributed by atoms with Crippen LogP contribution in [-0.2, 0) is 0 Å². The van der Waals surface area contributed by atoms with Crippen LogP contribution < -0.4 is 0 Å². The summed E-state index contributed by atoms with van der Waals surface area (Å²) in [7, 11) is 0. The van der Waals surface area contributed by atoms with E-state index in [-0.39, 0.29) is 5.69 Å². The molecule has 5 heteroatoms. The molecule has 1 fully saturated rings. The summed E-state index contributed by atoms with van der Waals surface area (Å²) in [6, 6.07) is 0. The molecule has 72 valence electrons. The second kappa shape index (κ2) is 3.31. The van der Waals surface area contributed by atoms with Crippen molar-refractivity contribution >= 4 is 11.3 Å². The van der Waals surface area contributed by atoms with Crippen molar-refractivity contribution in [1.29, 1.82) is 0 Å². The van der Waals surface area contributed by atoms with Crippen molar-refractivity contribution in [3.05, 3.63) is 16.1 Å². The largest absolute Gasteiger partial charge is 0.381 e. The van der Waals surface area contributed by atoms with Gasteiger partial charge in [-0.25, -0.2) is 13.8 Å². The Kier molecular flexibility index (Phi) is 2.29. The Morgan fingerprint density at radius 1 is 1.54 bits per heavy atom. The first-order valence-corrected chi connectivity index (χ1v) is 4.98. The van der Waals surface area contributed by atoms with E-state index in [1.165, 1.54) is 16.7 Å². The summed E-state index contributed by atoms with van der Waals surface area (Å²) < 4.78 is 24.1. The maximum Gasteiger partial charge on any atom is 0.269 e. The molecule has 13 heavy (non-hydrogen) atoms. The van der Waals surface area contributed by atoms with Crippen molar-refractivity contribution in [2.24, 2.45) is 0 Å². The van der Waals surface area contributed by atoms with E-state index in [2.05, 4.69) is 4.98 Å². The highest BCUT2D eigenvalue weighted by Gasteiger charge is 2.29. The van der Waals surface area contributed by atoms with Gasteiger partial charge in [0.25, 0.3) is 6.43 Å². The Bertz CT molecular complexity index is 298. The minimum atomic E-state index is -2.74. The first kappa shape index (κ1) is 9.02. The topological polar surface area (TPSA) is 33.1 Å². The van der Waals surface area contributed by atoms with Gasteiger partial charge >= 0.3 is 0 Å². The van der Waals surface area contributed by atoms with E-state index in [4.69, 9.17) is 5.11 Å². The molecule has 1 atom stereocenters. The van der Waals surface area contributed by atoms with Crippen LogP contribution in [0.25, 0.3) is 0 Å². The fraction of sp³-hybridized carbons (Fsp3) is 0.625. The van der Waals surface area contributed by atoms with E-state index < -0.39 is 12.5 Å². The molecule has 0 radical (unpaired) electrons. The lowest BCUT2D eigenvalue weighted by atomic mass is 10.3. The Balaban J connectivity index is 2.11. The number of rotatable bonds is 3. The van der Waals surface area contributed by atoms with Crippen LogP contribution in [0.4, 0.5) is 8.78 Å². The SMILES string of the molecule is OC(c1csc(C2CC2)n1)C(F)F. The number of hydrogen-bond acceptors (Lipinski definition) is 3. The van der Waals surface area contributed by atoms with Crippen molar-refractivity contribution in [2.75, 3.05) is 0 Å². The number of hydrogen-bond donors (Lipinski definition) is 1. The predicted octanol–water partition coefficient (Wildman–Crippen LogP) is 2.32. The molecule has 1 aliphatic carbocycles. The zero-order chi connectivity index (χ0) is 9.42. The number of aromatic nitrogens is 1. The van der Waals surface area contributed by atoms with Crippen LogP contribution >= 0.6 is 11.3 Å². The van der Waals surface area contributed by atoms with Gasteiger partial charge < -0.3 is 5.11 Å². The zero-order valence-electron chi connectivity index (χ0n) is 6.78. The Labute approximate surface area is 78.2 Å². The van der Waals surface area contributed by atoms with Gasteiger partial charge in [0.1, 0.15) is 0 Å². The maximum atomic E-state index is 12.1. The lowest BCUT2D eigenvalue weighted by molar-refractivity contribution is -0.00793. The van der Waals surface area contributed by atoms with Gasteiger partial charge in [0.2, 0.25) is 0 Å². The molecule has 1 aliphatic rings. The summed E-state index contributed by atoms with van der Waals surface area (Å²) >= 11 is 1.36. The first-order chi connectivity index (χ1) is 6.18. The lowest BCUT2D eigenvalue weighted by Gasteiger charge is -2.04. The van der Waals surface area contributed by atoms with Crippen LogP contribution in [0.15, 0.2) is 5.38 Å². The van der Waals surface area contributed by atoms with Crippen molar-refractivity contribution in [3.8, 4) is 0 Å². The predicted molar refractivity (Wildman–Crippen MR) is 45.1 cm³/mol. The summed E-state index contributed by atoms with van der Waals surface area (Å²) in [5.41, 5.74) is 0.113. The van der Waals surface area contributed by atoms with Crippen molar-refractivity contribution < 1.29 is 13.9 Å². The number of nitrogens with zero attached hydrogens (tertiary/aromatic N) is 1. The van der Waals surface area contributed by atoms with Crippen LogP contribution in [0, 0.1) is 0 Å². The molecule has 2 nitrogen and oxygen atoms in total. The zero-order valence-corrected chi connectivity index (χ0v) is 7.60. The number of thiazole rings is 1. The van der Waals surface area contributed by atoms with Crippen LogP contribution in [-0.4, -0.2) is 16.5 Å². The second-order valence-electron chi connectivity index (χ2n) is 3.16. The fourth-order valence-corrected chi connectivity index (χ4v) is 2.10. The molecule has 0 spiro atoms. The standard InChI is InChI=1S/C8H9F2NOS/c9-7(10)6(12)5-3-13-8(11-5)4-1-2-4/h3-4,6-7,12H,1-2H2. The maximum absolute atomic E-state index is 12.1. The third-order valence-electron chi connectivity index (χ3n) is 2.01. The van der Waals surface area contributed by atoms with Gasteiger partial charge in [0.15, 0.2) is 6.10 Å². The van der Waals surface area contributed by atoms with Crippen LogP contribution in [0.5, 0.6) is 0 Å². The van der Waals surface area contributed by atoms with Crippen LogP contribution in [0.3, 0.4) is 0 Å². The molecule has 2 rings (SSSR count). The number of halogens is 2. The summed E-state index contributed by atoms with van der Waals surface area (Å²) in [5, 5.41) is 11.4. The van der Waals surface area contributed by atoms with Crippen molar-refractivity contribution in [2.45, 2.75) is 31.3 Å². The molecule has 1 saturated carbocycles. The van der Waals surface area contributed by atoms with E-state index in [0.717, 1.165) is 17.8 Å². The highest BCUT2D eigenvalue weighted by Crippen LogP contribution is 2.42. The van der Waals surface area contributed by atoms with Gasteiger partial charge in [0.05, 0.1) is 10.7 Å². The van der Waals surface area contributed by atoms with Crippen LogP contribution in [0.2, 0.25) is 0 Å². The average Bonchev–Trinajstić information content (AvgIpc) is 2.83. The number of aliphatic hydroxyl groups excluding tert-OH is 1. The number of alkyl halides is 2. The van der Waals surface area contributed by atoms with Gasteiger partial charge in [0, 0.05) is 11.3 Å². The molecule has 1 heterocycles. The molecule has 0 saturated heterocycles. The highest BCUT2D eigenvalue weighted by atomic mass is 32.1. The van der Waals surface area contributed by atoms with Gasteiger partial charge in [-0.2, -0.15) is 0 Å². The van der Waals surface area contributed by atoms with Gasteiger partial charge in [-0.15, -0.1) is 11.3 Å². The molecular formula is C8H9F2NOS. The summed E-state index contributed by atoms with van der Waals surface area (Å²) in [6.07, 6.45) is -2.27. The van der Waals surface area contributed by atoms with E-state index in [1.807, 2.05) is 0 Å². The Hall–Kier alpha value is -0.550. The Morgan fingerprint density at radius 3 is 2.77 bits per heavy atom. The molecule has 0 aromatic carbocycles. The van der Waals surface area contributed by atoms with E-state index in [0.29, 0.717) is 5.92 Å². The van der Waals surface area contributed by atoms with Crippen molar-refractivity contribution in [3.63, 3.8) is 0 Å². The van der Waals surface area contributed by atoms with Gasteiger partial charge in [-0.1, -0.05) is 0 Å². The van der Waals surface area contributed by atoms with Gasteiger partial charge in [-0.05, 0) is 12.8 Å². The molecule has 1 N–H and O–H groups in total. The van der Waals surface area contributed by atoms with E-state index >= 15 is 0 Å². The van der Waals surface area contributed by atoms with Crippen molar-refractivity contribution in [1.82, 2.24) is 4.98 Å². The minimum absolute atomic E-state index is 0.113. The first-order valence-electron chi connectivity index (χ1n) is 4.10. The van der Waals surface area contributed by atoms with Gasteiger partial charge in [-0.3, -0.25) is 0 Å². The van der Waals surface area contributed by atoms with E-state index in [1.54, 1.807) is 0 Å². The fourth-order valence-electron chi connectivity index (χ4n) is 1.08. The third-order valence-corrected chi connectivity index (χ3v) is 3.03. The molecule has 0 aliphatic heterocycles. The molecule has 0 bridgehead atoms. The monoisotopic (exact) mass is 205 g/mol. The molecule has 1 aromatic heterocycles. The summed E-state index contributed by atoms with van der Waals surface area (Å²) in [4.78, 5) is 3.98. The normalized spacial score (nSPS) is 19.4. The minimum Gasteiger partial charge on any atom is -0.381 e. The Morgan fingerprint density at radius 2 is 2.23 bits per heavy atom. The quantitative estimate of drug-likeness (QED) is 0.821.